The first kappa shape index (κ1) is 17.4. The van der Waals surface area contributed by atoms with Gasteiger partial charge < -0.3 is 9.88 Å². The van der Waals surface area contributed by atoms with E-state index in [4.69, 9.17) is 0 Å². The van der Waals surface area contributed by atoms with Crippen LogP contribution in [0.4, 0.5) is 0 Å². The van der Waals surface area contributed by atoms with Crippen molar-refractivity contribution >= 4 is 33.3 Å². The van der Waals surface area contributed by atoms with Gasteiger partial charge >= 0.3 is 0 Å². The Kier molecular flexibility index (Phi) is 4.24. The van der Waals surface area contributed by atoms with E-state index in [-0.39, 0.29) is 18.0 Å². The van der Waals surface area contributed by atoms with E-state index in [1.807, 2.05) is 42.5 Å². The van der Waals surface area contributed by atoms with Crippen LogP contribution >= 0.6 is 0 Å². The maximum atomic E-state index is 12.8. The number of nitrogens with one attached hydrogen (secondary N) is 1. The van der Waals surface area contributed by atoms with Crippen molar-refractivity contribution in [2.75, 3.05) is 13.1 Å². The second-order valence-corrected chi connectivity index (χ2v) is 7.25. The molecule has 0 aliphatic carbocycles. The van der Waals surface area contributed by atoms with Crippen molar-refractivity contribution in [3.63, 3.8) is 0 Å². The lowest BCUT2D eigenvalue weighted by atomic mass is 9.99. The van der Waals surface area contributed by atoms with Crippen molar-refractivity contribution in [2.45, 2.75) is 13.0 Å². The number of nitrogens with zero attached hydrogens (tertiary/aromatic N) is 3. The standard InChI is InChI=1S/C23H20N4O2/c28-21(26-12-10-17(11-13-26)16-6-2-1-3-7-16)15-27-23(29)22-19(14-24-27)18-8-4-5-9-20(18)25-22/h1-10,14,25H,11-13,15H2. The molecule has 0 fully saturated rings. The third-order valence-corrected chi connectivity index (χ3v) is 5.51. The van der Waals surface area contributed by atoms with Gasteiger partial charge in [0, 0.05) is 29.4 Å². The SMILES string of the molecule is O=C(Cn1ncc2c([nH]c3ccccc32)c1=O)N1CC=C(c2ccccc2)CC1. The van der Waals surface area contributed by atoms with Gasteiger partial charge in [-0.3, -0.25) is 9.59 Å². The summed E-state index contributed by atoms with van der Waals surface area (Å²) in [5.41, 5.74) is 3.55. The lowest BCUT2D eigenvalue weighted by molar-refractivity contribution is -0.131. The summed E-state index contributed by atoms with van der Waals surface area (Å²) in [7, 11) is 0. The fourth-order valence-corrected chi connectivity index (χ4v) is 3.93. The van der Waals surface area contributed by atoms with Gasteiger partial charge in [-0.25, -0.2) is 4.68 Å². The minimum Gasteiger partial charge on any atom is -0.350 e. The van der Waals surface area contributed by atoms with E-state index < -0.39 is 0 Å². The average Bonchev–Trinajstić information content (AvgIpc) is 3.16. The van der Waals surface area contributed by atoms with Crippen molar-refractivity contribution in [3.8, 4) is 0 Å². The topological polar surface area (TPSA) is 71.0 Å². The Morgan fingerprint density at radius 2 is 1.83 bits per heavy atom. The van der Waals surface area contributed by atoms with Gasteiger partial charge in [0.2, 0.25) is 5.91 Å². The Balaban J connectivity index is 1.37. The smallest absolute Gasteiger partial charge is 0.291 e. The molecule has 0 unspecified atom stereocenters. The highest BCUT2D eigenvalue weighted by Gasteiger charge is 2.20. The Labute approximate surface area is 167 Å². The first-order valence-corrected chi connectivity index (χ1v) is 9.69. The van der Waals surface area contributed by atoms with Gasteiger partial charge in [0.15, 0.2) is 0 Å². The van der Waals surface area contributed by atoms with Crippen LogP contribution < -0.4 is 5.56 Å². The third kappa shape index (κ3) is 3.12. The molecule has 1 aliphatic rings. The molecule has 1 N–H and O–H groups in total. The van der Waals surface area contributed by atoms with Crippen LogP contribution in [-0.4, -0.2) is 38.7 Å². The summed E-state index contributed by atoms with van der Waals surface area (Å²) in [4.78, 5) is 30.5. The molecular formula is C23H20N4O2. The number of carbonyl (C=O) groups excluding carboxylic acids is 1. The lowest BCUT2D eigenvalue weighted by Gasteiger charge is -2.26. The highest BCUT2D eigenvalue weighted by molar-refractivity contribution is 6.06. The molecule has 0 bridgehead atoms. The van der Waals surface area contributed by atoms with Gasteiger partial charge in [-0.1, -0.05) is 54.6 Å². The summed E-state index contributed by atoms with van der Waals surface area (Å²) in [5, 5.41) is 5.99. The van der Waals surface area contributed by atoms with E-state index in [9.17, 15) is 9.59 Å². The number of hydrogen-bond donors (Lipinski definition) is 1. The van der Waals surface area contributed by atoms with Crippen LogP contribution in [0.15, 0.2) is 71.7 Å². The van der Waals surface area contributed by atoms with Gasteiger partial charge in [-0.05, 0) is 23.6 Å². The molecule has 6 heteroatoms. The summed E-state index contributed by atoms with van der Waals surface area (Å²) in [6, 6.07) is 17.9. The summed E-state index contributed by atoms with van der Waals surface area (Å²) in [6.45, 7) is 1.13. The highest BCUT2D eigenvalue weighted by atomic mass is 16.2. The minimum atomic E-state index is -0.274. The average molecular weight is 384 g/mol. The largest absolute Gasteiger partial charge is 0.350 e. The van der Waals surface area contributed by atoms with Gasteiger partial charge in [0.1, 0.15) is 12.1 Å². The van der Waals surface area contributed by atoms with E-state index in [0.29, 0.717) is 18.6 Å². The number of H-pyrrole nitrogens is 1. The highest BCUT2D eigenvalue weighted by Crippen LogP contribution is 2.23. The molecule has 6 nitrogen and oxygen atoms in total. The van der Waals surface area contributed by atoms with Gasteiger partial charge in [-0.15, -0.1) is 0 Å². The second kappa shape index (κ2) is 7.05. The molecule has 1 amide bonds. The van der Waals surface area contributed by atoms with Gasteiger partial charge in [0.25, 0.3) is 5.56 Å². The van der Waals surface area contributed by atoms with Crippen molar-refractivity contribution in [1.82, 2.24) is 19.7 Å². The minimum absolute atomic E-state index is 0.0569. The summed E-state index contributed by atoms with van der Waals surface area (Å²) in [6.07, 6.45) is 4.55. The molecule has 0 atom stereocenters. The van der Waals surface area contributed by atoms with E-state index in [2.05, 4.69) is 28.3 Å². The molecule has 5 rings (SSSR count). The predicted octanol–water partition coefficient (Wildman–Crippen LogP) is 3.19. The number of aromatic nitrogens is 3. The van der Waals surface area contributed by atoms with E-state index >= 15 is 0 Å². The molecule has 4 aromatic rings. The molecule has 0 saturated heterocycles. The van der Waals surface area contributed by atoms with Crippen molar-refractivity contribution in [2.24, 2.45) is 0 Å². The van der Waals surface area contributed by atoms with E-state index in [1.165, 1.54) is 15.8 Å². The number of benzene rings is 2. The Bertz CT molecular complexity index is 1300. The zero-order valence-electron chi connectivity index (χ0n) is 15.8. The molecule has 1 aliphatic heterocycles. The molecule has 3 heterocycles. The number of para-hydroxylation sites is 1. The quantitative estimate of drug-likeness (QED) is 0.590. The molecule has 2 aromatic heterocycles. The van der Waals surface area contributed by atoms with Crippen LogP contribution in [-0.2, 0) is 11.3 Å². The molecule has 29 heavy (non-hydrogen) atoms. The monoisotopic (exact) mass is 384 g/mol. The molecule has 144 valence electrons. The number of hydrogen-bond acceptors (Lipinski definition) is 3. The Morgan fingerprint density at radius 1 is 1.03 bits per heavy atom. The maximum absolute atomic E-state index is 12.8. The third-order valence-electron chi connectivity index (χ3n) is 5.51. The van der Waals surface area contributed by atoms with Crippen LogP contribution in [0.2, 0.25) is 0 Å². The van der Waals surface area contributed by atoms with Crippen LogP contribution in [0.3, 0.4) is 0 Å². The van der Waals surface area contributed by atoms with Gasteiger partial charge in [0.05, 0.1) is 6.20 Å². The fraction of sp³-hybridized carbons (Fsp3) is 0.174. The number of carbonyl (C=O) groups is 1. The normalized spacial score (nSPS) is 14.3. The number of aromatic amines is 1. The van der Waals surface area contributed by atoms with Crippen LogP contribution in [0.1, 0.15) is 12.0 Å². The number of fused-ring (bicyclic) bond motifs is 3. The van der Waals surface area contributed by atoms with E-state index in [0.717, 1.165) is 22.7 Å². The Morgan fingerprint density at radius 3 is 2.62 bits per heavy atom. The molecular weight excluding hydrogens is 364 g/mol. The number of amides is 1. The zero-order chi connectivity index (χ0) is 19.8. The second-order valence-electron chi connectivity index (χ2n) is 7.25. The van der Waals surface area contributed by atoms with Crippen LogP contribution in [0.25, 0.3) is 27.4 Å². The zero-order valence-corrected chi connectivity index (χ0v) is 15.8. The maximum Gasteiger partial charge on any atom is 0.291 e. The summed E-state index contributed by atoms with van der Waals surface area (Å²) < 4.78 is 1.25. The lowest BCUT2D eigenvalue weighted by Crippen LogP contribution is -2.39. The fourth-order valence-electron chi connectivity index (χ4n) is 3.93. The van der Waals surface area contributed by atoms with Gasteiger partial charge in [-0.2, -0.15) is 5.10 Å². The van der Waals surface area contributed by atoms with Crippen LogP contribution in [0, 0.1) is 0 Å². The molecule has 2 aromatic carbocycles. The summed E-state index contributed by atoms with van der Waals surface area (Å²) >= 11 is 0. The van der Waals surface area contributed by atoms with Crippen molar-refractivity contribution in [1.29, 1.82) is 0 Å². The summed E-state index contributed by atoms with van der Waals surface area (Å²) in [5.74, 6) is -0.0987. The predicted molar refractivity (Wildman–Crippen MR) is 113 cm³/mol. The first-order valence-electron chi connectivity index (χ1n) is 9.69. The van der Waals surface area contributed by atoms with Crippen LogP contribution in [0.5, 0.6) is 0 Å². The number of rotatable bonds is 3. The molecule has 0 spiro atoms. The van der Waals surface area contributed by atoms with Crippen molar-refractivity contribution < 1.29 is 4.79 Å². The first-order chi connectivity index (χ1) is 14.2. The Hall–Kier alpha value is -3.67. The molecule has 0 radical (unpaired) electrons. The molecule has 0 saturated carbocycles. The van der Waals surface area contributed by atoms with E-state index in [1.54, 1.807) is 11.1 Å². The van der Waals surface area contributed by atoms with Crippen molar-refractivity contribution in [3.05, 3.63) is 82.8 Å².